The molecular weight excluding hydrogens is 470 g/mol. The third-order valence-electron chi connectivity index (χ3n) is 5.90. The van der Waals surface area contributed by atoms with E-state index in [1.165, 1.54) is 6.07 Å². The van der Waals surface area contributed by atoms with Crippen molar-refractivity contribution >= 4 is 17.5 Å². The smallest absolute Gasteiger partial charge is 0.273 e. The van der Waals surface area contributed by atoms with Crippen molar-refractivity contribution in [2.75, 3.05) is 34.0 Å². The molecule has 0 saturated heterocycles. The number of carbonyl (C=O) groups excluding carboxylic acids is 1. The zero-order valence-corrected chi connectivity index (χ0v) is 21.1. The first-order valence-corrected chi connectivity index (χ1v) is 11.9. The number of methoxy groups -OCH3 is 2. The molecule has 3 aromatic rings. The molecule has 0 radical (unpaired) electrons. The van der Waals surface area contributed by atoms with E-state index in [4.69, 9.17) is 25.8 Å². The summed E-state index contributed by atoms with van der Waals surface area (Å²) < 4.78 is 16.8. The number of nitrogens with zero attached hydrogens (tertiary/aromatic N) is 2. The molecule has 4 rings (SSSR count). The molecule has 2 N–H and O–H groups in total. The molecule has 8 nitrogen and oxygen atoms in total. The van der Waals surface area contributed by atoms with Gasteiger partial charge in [0.25, 0.3) is 5.91 Å². The summed E-state index contributed by atoms with van der Waals surface area (Å²) in [6, 6.07) is 10.0. The topological polar surface area (TPSA) is 96.9 Å². The van der Waals surface area contributed by atoms with Gasteiger partial charge in [0.05, 0.1) is 19.8 Å². The molecule has 1 atom stereocenters. The van der Waals surface area contributed by atoms with Gasteiger partial charge in [-0.15, -0.1) is 0 Å². The van der Waals surface area contributed by atoms with Crippen LogP contribution >= 0.6 is 11.6 Å². The number of halogens is 1. The van der Waals surface area contributed by atoms with E-state index in [0.717, 1.165) is 5.56 Å². The van der Waals surface area contributed by atoms with Crippen LogP contribution in [-0.4, -0.2) is 60.1 Å². The number of fused-ring (bicyclic) bond motifs is 1. The van der Waals surface area contributed by atoms with Crippen molar-refractivity contribution in [2.45, 2.75) is 26.3 Å². The van der Waals surface area contributed by atoms with Gasteiger partial charge < -0.3 is 24.2 Å². The molecule has 35 heavy (non-hydrogen) atoms. The SMILES string of the molecule is COCCCN1C(=O)c2[nH]nc(-c3cc(Cl)ccc3O)c2C1c1ccc(OCC(C)C)c(OC)c1. The van der Waals surface area contributed by atoms with E-state index in [1.54, 1.807) is 31.3 Å². The van der Waals surface area contributed by atoms with E-state index in [2.05, 4.69) is 24.0 Å². The van der Waals surface area contributed by atoms with Gasteiger partial charge >= 0.3 is 0 Å². The predicted octanol–water partition coefficient (Wildman–Crippen LogP) is 5.06. The summed E-state index contributed by atoms with van der Waals surface area (Å²) in [4.78, 5) is 15.2. The maximum absolute atomic E-state index is 13.4. The molecular formula is C26H30ClN3O5. The summed E-state index contributed by atoms with van der Waals surface area (Å²) in [6.07, 6.45) is 0.668. The Bertz CT molecular complexity index is 1210. The largest absolute Gasteiger partial charge is 0.507 e. The molecule has 1 unspecified atom stereocenters. The van der Waals surface area contributed by atoms with Crippen LogP contribution < -0.4 is 9.47 Å². The summed E-state index contributed by atoms with van der Waals surface area (Å²) >= 11 is 6.22. The molecule has 1 amide bonds. The second-order valence-corrected chi connectivity index (χ2v) is 9.32. The fourth-order valence-electron chi connectivity index (χ4n) is 4.29. The maximum atomic E-state index is 13.4. The number of amides is 1. The second-order valence-electron chi connectivity index (χ2n) is 8.88. The third kappa shape index (κ3) is 4.94. The number of phenolic OH excluding ortho intramolecular Hbond substituents is 1. The molecule has 0 fully saturated rings. The number of benzene rings is 2. The van der Waals surface area contributed by atoms with Crippen LogP contribution in [0.1, 0.15) is 47.9 Å². The molecule has 2 heterocycles. The lowest BCUT2D eigenvalue weighted by molar-refractivity contribution is 0.0723. The first-order chi connectivity index (χ1) is 16.8. The standard InChI is InChI=1S/C26H30ClN3O5/c1-15(2)14-35-20-9-6-16(12-21(20)34-4)25-22-23(18-13-17(27)7-8-19(18)31)28-29-24(22)26(32)30(25)10-5-11-33-3/h6-9,12-13,15,25,31H,5,10-11,14H2,1-4H3,(H,28,29). The van der Waals surface area contributed by atoms with Crippen LogP contribution in [0.2, 0.25) is 5.02 Å². The quantitative estimate of drug-likeness (QED) is 0.378. The monoisotopic (exact) mass is 499 g/mol. The Kier molecular flexibility index (Phi) is 7.52. The lowest BCUT2D eigenvalue weighted by Gasteiger charge is -2.27. The first-order valence-electron chi connectivity index (χ1n) is 11.5. The average molecular weight is 500 g/mol. The number of aromatic hydroxyl groups is 1. The zero-order valence-electron chi connectivity index (χ0n) is 20.3. The number of H-pyrrole nitrogens is 1. The van der Waals surface area contributed by atoms with E-state index >= 15 is 0 Å². The van der Waals surface area contributed by atoms with Crippen molar-refractivity contribution in [3.05, 3.63) is 58.2 Å². The molecule has 0 saturated carbocycles. The summed E-state index contributed by atoms with van der Waals surface area (Å²) in [5.41, 5.74) is 2.85. The third-order valence-corrected chi connectivity index (χ3v) is 6.14. The zero-order chi connectivity index (χ0) is 25.1. The molecule has 1 aromatic heterocycles. The van der Waals surface area contributed by atoms with Gasteiger partial charge in [0.2, 0.25) is 0 Å². The molecule has 1 aliphatic rings. The van der Waals surface area contributed by atoms with Crippen molar-refractivity contribution in [3.8, 4) is 28.5 Å². The normalized spacial score (nSPS) is 15.1. The van der Waals surface area contributed by atoms with Gasteiger partial charge in [0.15, 0.2) is 11.5 Å². The van der Waals surface area contributed by atoms with E-state index in [9.17, 15) is 9.90 Å². The number of hydrogen-bond acceptors (Lipinski definition) is 6. The predicted molar refractivity (Wildman–Crippen MR) is 133 cm³/mol. The van der Waals surface area contributed by atoms with Crippen LogP contribution in [-0.2, 0) is 4.74 Å². The van der Waals surface area contributed by atoms with Crippen molar-refractivity contribution < 1.29 is 24.1 Å². The number of aromatic amines is 1. The molecule has 1 aliphatic heterocycles. The number of hydrogen-bond donors (Lipinski definition) is 2. The Morgan fingerprint density at radius 2 is 1.97 bits per heavy atom. The highest BCUT2D eigenvalue weighted by atomic mass is 35.5. The van der Waals surface area contributed by atoms with Crippen molar-refractivity contribution in [1.29, 1.82) is 0 Å². The first kappa shape index (κ1) is 24.9. The van der Waals surface area contributed by atoms with Crippen molar-refractivity contribution in [3.63, 3.8) is 0 Å². The van der Waals surface area contributed by atoms with E-state index in [0.29, 0.717) is 71.1 Å². The van der Waals surface area contributed by atoms with Gasteiger partial charge in [-0.05, 0) is 48.2 Å². The maximum Gasteiger partial charge on any atom is 0.273 e. The van der Waals surface area contributed by atoms with Crippen LogP contribution in [0.25, 0.3) is 11.3 Å². The molecule has 2 aromatic carbocycles. The number of phenols is 1. The fourth-order valence-corrected chi connectivity index (χ4v) is 4.46. The van der Waals surface area contributed by atoms with Crippen LogP contribution in [0.4, 0.5) is 0 Å². The highest BCUT2D eigenvalue weighted by molar-refractivity contribution is 6.31. The summed E-state index contributed by atoms with van der Waals surface area (Å²) in [6.45, 7) is 5.72. The summed E-state index contributed by atoms with van der Waals surface area (Å²) in [7, 11) is 3.23. The Hall–Kier alpha value is -3.23. The summed E-state index contributed by atoms with van der Waals surface area (Å²) in [5, 5.41) is 18.3. The van der Waals surface area contributed by atoms with Crippen LogP contribution in [0.15, 0.2) is 36.4 Å². The van der Waals surface area contributed by atoms with Crippen LogP contribution in [0, 0.1) is 5.92 Å². The minimum Gasteiger partial charge on any atom is -0.507 e. The lowest BCUT2D eigenvalue weighted by Crippen LogP contribution is -2.31. The second kappa shape index (κ2) is 10.6. The highest BCUT2D eigenvalue weighted by Crippen LogP contribution is 2.46. The Labute approximate surface area is 209 Å². The van der Waals surface area contributed by atoms with Gasteiger partial charge in [-0.2, -0.15) is 5.10 Å². The Morgan fingerprint density at radius 3 is 2.69 bits per heavy atom. The van der Waals surface area contributed by atoms with Gasteiger partial charge in [0.1, 0.15) is 17.1 Å². The highest BCUT2D eigenvalue weighted by Gasteiger charge is 2.42. The minimum absolute atomic E-state index is 0.0303. The molecule has 0 aliphatic carbocycles. The van der Waals surface area contributed by atoms with Gasteiger partial charge in [-0.25, -0.2) is 0 Å². The van der Waals surface area contributed by atoms with E-state index in [-0.39, 0.29) is 11.7 Å². The molecule has 186 valence electrons. The van der Waals surface area contributed by atoms with Crippen molar-refractivity contribution in [1.82, 2.24) is 15.1 Å². The summed E-state index contributed by atoms with van der Waals surface area (Å²) in [5.74, 6) is 1.45. The van der Waals surface area contributed by atoms with E-state index in [1.807, 2.05) is 18.2 Å². The van der Waals surface area contributed by atoms with E-state index < -0.39 is 6.04 Å². The number of ether oxygens (including phenoxy) is 3. The number of nitrogens with one attached hydrogen (secondary N) is 1. The van der Waals surface area contributed by atoms with Gasteiger partial charge in [0, 0.05) is 36.4 Å². The minimum atomic E-state index is -0.450. The van der Waals surface area contributed by atoms with Crippen molar-refractivity contribution in [2.24, 2.45) is 5.92 Å². The molecule has 0 spiro atoms. The van der Waals surface area contributed by atoms with Gasteiger partial charge in [-0.1, -0.05) is 31.5 Å². The Morgan fingerprint density at radius 1 is 1.17 bits per heavy atom. The molecule has 9 heteroatoms. The Balaban J connectivity index is 1.82. The number of rotatable bonds is 10. The van der Waals surface area contributed by atoms with Crippen LogP contribution in [0.5, 0.6) is 17.2 Å². The molecule has 0 bridgehead atoms. The van der Waals surface area contributed by atoms with Crippen LogP contribution in [0.3, 0.4) is 0 Å². The van der Waals surface area contributed by atoms with Gasteiger partial charge in [-0.3, -0.25) is 9.89 Å². The average Bonchev–Trinajstić information content (AvgIpc) is 3.38. The lowest BCUT2D eigenvalue weighted by atomic mass is 9.95. The number of carbonyl (C=O) groups is 1. The number of aromatic nitrogens is 2. The fraction of sp³-hybridized carbons (Fsp3) is 0.385.